The number of likely N-dealkylation sites (tertiary alicyclic amines) is 1. The first-order valence-electron chi connectivity index (χ1n) is 8.73. The van der Waals surface area contributed by atoms with Gasteiger partial charge >= 0.3 is 0 Å². The van der Waals surface area contributed by atoms with E-state index in [-0.39, 0.29) is 11.3 Å². The molecule has 134 valence electrons. The maximum Gasteiger partial charge on any atom is 0.293 e. The van der Waals surface area contributed by atoms with E-state index in [1.165, 1.54) is 5.57 Å². The Morgan fingerprint density at radius 2 is 2.28 bits per heavy atom. The number of piperidine rings is 1. The lowest BCUT2D eigenvalue weighted by atomic mass is 9.77. The number of hydrogen-bond donors (Lipinski definition) is 0. The lowest BCUT2D eigenvalue weighted by Crippen LogP contribution is -2.44. The van der Waals surface area contributed by atoms with E-state index in [2.05, 4.69) is 37.0 Å². The average molecular weight is 343 g/mol. The average Bonchev–Trinajstić information content (AvgIpc) is 3.22. The van der Waals surface area contributed by atoms with Gasteiger partial charge in [-0.05, 0) is 50.7 Å². The van der Waals surface area contributed by atoms with Crippen molar-refractivity contribution in [2.24, 2.45) is 5.41 Å². The second-order valence-electron chi connectivity index (χ2n) is 7.37. The lowest BCUT2D eigenvalue weighted by molar-refractivity contribution is -0.138. The first kappa shape index (κ1) is 17.5. The molecule has 0 spiro atoms. The van der Waals surface area contributed by atoms with Gasteiger partial charge in [0.1, 0.15) is 0 Å². The highest BCUT2D eigenvalue weighted by Crippen LogP contribution is 2.35. The van der Waals surface area contributed by atoms with Gasteiger partial charge in [-0.2, -0.15) is 4.98 Å². The fourth-order valence-electron chi connectivity index (χ4n) is 3.24. The summed E-state index contributed by atoms with van der Waals surface area (Å²) in [6, 6.07) is 3.54. The van der Waals surface area contributed by atoms with Crippen LogP contribution in [0.1, 0.15) is 52.3 Å². The van der Waals surface area contributed by atoms with Gasteiger partial charge in [-0.3, -0.25) is 4.79 Å². The Hall–Kier alpha value is -2.37. The van der Waals surface area contributed by atoms with E-state index in [4.69, 9.17) is 8.94 Å². The predicted octanol–water partition coefficient (Wildman–Crippen LogP) is 4.20. The summed E-state index contributed by atoms with van der Waals surface area (Å²) in [5.74, 6) is 1.54. The fourth-order valence-corrected chi connectivity index (χ4v) is 3.24. The van der Waals surface area contributed by atoms with E-state index < -0.39 is 0 Å². The molecule has 0 saturated carbocycles. The van der Waals surface area contributed by atoms with Gasteiger partial charge in [0, 0.05) is 13.0 Å². The molecule has 1 fully saturated rings. The van der Waals surface area contributed by atoms with Crippen molar-refractivity contribution < 1.29 is 13.7 Å². The maximum atomic E-state index is 12.3. The predicted molar refractivity (Wildman–Crippen MR) is 93.4 cm³/mol. The first-order chi connectivity index (χ1) is 12.0. The molecular weight excluding hydrogens is 318 g/mol. The molecule has 25 heavy (non-hydrogen) atoms. The third-order valence-electron chi connectivity index (χ3n) is 4.70. The van der Waals surface area contributed by atoms with Crippen molar-refractivity contribution in [2.75, 3.05) is 6.54 Å². The van der Waals surface area contributed by atoms with Crippen molar-refractivity contribution in [3.63, 3.8) is 0 Å². The number of nitrogens with zero attached hydrogens (tertiary/aromatic N) is 3. The van der Waals surface area contributed by atoms with Crippen molar-refractivity contribution in [3.8, 4) is 11.7 Å². The van der Waals surface area contributed by atoms with Crippen molar-refractivity contribution in [3.05, 3.63) is 35.9 Å². The van der Waals surface area contributed by atoms with Gasteiger partial charge < -0.3 is 13.8 Å². The van der Waals surface area contributed by atoms with Crippen LogP contribution >= 0.6 is 0 Å². The standard InChI is InChI=1S/C19H25N3O3/c1-14(2)6-4-9-19(3)10-8-17(23)22(13-19)12-16-20-18(25-21-16)15-7-5-11-24-15/h5-7,11H,4,8-10,12-13H2,1-3H3. The molecule has 0 aromatic carbocycles. The minimum absolute atomic E-state index is 0.132. The van der Waals surface area contributed by atoms with Crippen LogP contribution in [0.4, 0.5) is 0 Å². The molecule has 1 aliphatic rings. The molecule has 0 aliphatic carbocycles. The second-order valence-corrected chi connectivity index (χ2v) is 7.37. The largest absolute Gasteiger partial charge is 0.459 e. The quantitative estimate of drug-likeness (QED) is 0.735. The van der Waals surface area contributed by atoms with Gasteiger partial charge in [-0.15, -0.1) is 0 Å². The molecule has 1 unspecified atom stereocenters. The molecule has 3 heterocycles. The zero-order chi connectivity index (χ0) is 17.9. The number of carbonyl (C=O) groups is 1. The lowest BCUT2D eigenvalue weighted by Gasteiger charge is -2.39. The summed E-state index contributed by atoms with van der Waals surface area (Å²) in [7, 11) is 0. The van der Waals surface area contributed by atoms with Crippen LogP contribution in [0, 0.1) is 5.41 Å². The summed E-state index contributed by atoms with van der Waals surface area (Å²) in [6.45, 7) is 7.60. The summed E-state index contributed by atoms with van der Waals surface area (Å²) >= 11 is 0. The Balaban J connectivity index is 1.64. The minimum atomic E-state index is 0.132. The van der Waals surface area contributed by atoms with Gasteiger partial charge in [0.25, 0.3) is 5.89 Å². The first-order valence-corrected chi connectivity index (χ1v) is 8.73. The van der Waals surface area contributed by atoms with Crippen LogP contribution in [0.25, 0.3) is 11.7 Å². The van der Waals surface area contributed by atoms with Crippen molar-refractivity contribution >= 4 is 5.91 Å². The van der Waals surface area contributed by atoms with Crippen LogP contribution in [-0.4, -0.2) is 27.5 Å². The third kappa shape index (κ3) is 4.38. The Bertz CT molecular complexity index is 744. The summed E-state index contributed by atoms with van der Waals surface area (Å²) in [5, 5.41) is 3.98. The van der Waals surface area contributed by atoms with Gasteiger partial charge in [0.05, 0.1) is 12.8 Å². The summed E-state index contributed by atoms with van der Waals surface area (Å²) in [5.41, 5.74) is 1.47. The SMILES string of the molecule is CC(C)=CCCC1(C)CCC(=O)N(Cc2noc(-c3ccco3)n2)C1. The van der Waals surface area contributed by atoms with Crippen LogP contribution in [0.2, 0.25) is 0 Å². The van der Waals surface area contributed by atoms with Gasteiger partial charge in [-0.25, -0.2) is 0 Å². The van der Waals surface area contributed by atoms with Crippen LogP contribution in [0.3, 0.4) is 0 Å². The van der Waals surface area contributed by atoms with Crippen molar-refractivity contribution in [1.82, 2.24) is 15.0 Å². The van der Waals surface area contributed by atoms with E-state index in [0.717, 1.165) is 25.8 Å². The molecule has 2 aromatic heterocycles. The number of furan rings is 1. The van der Waals surface area contributed by atoms with Gasteiger partial charge in [0.2, 0.25) is 5.91 Å². The molecule has 0 N–H and O–H groups in total. The topological polar surface area (TPSA) is 72.4 Å². The number of aromatic nitrogens is 2. The number of allylic oxidation sites excluding steroid dienone is 2. The number of carbonyl (C=O) groups excluding carboxylic acids is 1. The fraction of sp³-hybridized carbons (Fsp3) is 0.526. The Morgan fingerprint density at radius 1 is 1.44 bits per heavy atom. The molecule has 1 amide bonds. The molecule has 1 aliphatic heterocycles. The summed E-state index contributed by atoms with van der Waals surface area (Å²) in [4.78, 5) is 18.5. The number of hydrogen-bond acceptors (Lipinski definition) is 5. The molecule has 1 saturated heterocycles. The van der Waals surface area contributed by atoms with Gasteiger partial charge in [0.15, 0.2) is 11.6 Å². The van der Waals surface area contributed by atoms with E-state index in [1.54, 1.807) is 18.4 Å². The van der Waals surface area contributed by atoms with Crippen LogP contribution in [0.15, 0.2) is 39.0 Å². The molecule has 0 bridgehead atoms. The monoisotopic (exact) mass is 343 g/mol. The van der Waals surface area contributed by atoms with Crippen molar-refractivity contribution in [1.29, 1.82) is 0 Å². The Morgan fingerprint density at radius 3 is 3.00 bits per heavy atom. The zero-order valence-electron chi connectivity index (χ0n) is 15.1. The second kappa shape index (κ2) is 7.25. The van der Waals surface area contributed by atoms with Crippen LogP contribution in [-0.2, 0) is 11.3 Å². The van der Waals surface area contributed by atoms with E-state index in [9.17, 15) is 4.79 Å². The smallest absolute Gasteiger partial charge is 0.293 e. The Kier molecular flexibility index (Phi) is 5.06. The van der Waals surface area contributed by atoms with Crippen LogP contribution < -0.4 is 0 Å². The highest BCUT2D eigenvalue weighted by atomic mass is 16.5. The van der Waals surface area contributed by atoms with E-state index in [1.807, 2.05) is 4.90 Å². The van der Waals surface area contributed by atoms with E-state index in [0.29, 0.717) is 30.4 Å². The van der Waals surface area contributed by atoms with E-state index >= 15 is 0 Å². The number of amides is 1. The Labute approximate surface area is 147 Å². The highest BCUT2D eigenvalue weighted by molar-refractivity contribution is 5.77. The summed E-state index contributed by atoms with van der Waals surface area (Å²) < 4.78 is 10.5. The normalized spacial score (nSPS) is 20.8. The van der Waals surface area contributed by atoms with Crippen molar-refractivity contribution in [2.45, 2.75) is 53.0 Å². The molecule has 1 atom stereocenters. The molecule has 6 heteroatoms. The third-order valence-corrected chi connectivity index (χ3v) is 4.70. The molecular formula is C19H25N3O3. The minimum Gasteiger partial charge on any atom is -0.459 e. The highest BCUT2D eigenvalue weighted by Gasteiger charge is 2.35. The molecule has 0 radical (unpaired) electrons. The molecule has 2 aromatic rings. The van der Waals surface area contributed by atoms with Crippen LogP contribution in [0.5, 0.6) is 0 Å². The molecule has 6 nitrogen and oxygen atoms in total. The maximum absolute atomic E-state index is 12.3. The zero-order valence-corrected chi connectivity index (χ0v) is 15.1. The van der Waals surface area contributed by atoms with Gasteiger partial charge in [-0.1, -0.05) is 23.7 Å². The summed E-state index contributed by atoms with van der Waals surface area (Å²) in [6.07, 6.45) is 7.46. The number of rotatable bonds is 6. The molecule has 3 rings (SSSR count).